The number of aliphatic hydroxyl groups is 1. The molecule has 0 aromatic heterocycles. The summed E-state index contributed by atoms with van der Waals surface area (Å²) in [5, 5.41) is 16.3. The molecule has 0 aromatic carbocycles. The molecule has 0 saturated heterocycles. The van der Waals surface area contributed by atoms with Gasteiger partial charge in [-0.2, -0.15) is 0 Å². The van der Waals surface area contributed by atoms with E-state index in [2.05, 4.69) is 0 Å². The monoisotopic (exact) mass is 136 g/mol. The molecule has 3 nitrogen and oxygen atoms in total. The standard InChI is InChI=1S/C5H9FO3/c1-5(6,9)3-2-4(7)8/h9H,2-3H2,1H3,(H,7,8). The van der Waals surface area contributed by atoms with E-state index in [4.69, 9.17) is 10.2 Å². The second-order valence-electron chi connectivity index (χ2n) is 2.04. The number of aliphatic carboxylic acids is 1. The molecule has 54 valence electrons. The van der Waals surface area contributed by atoms with Gasteiger partial charge in [-0.05, 0) is 6.92 Å². The van der Waals surface area contributed by atoms with E-state index in [9.17, 15) is 9.18 Å². The Hall–Kier alpha value is -0.640. The molecule has 1 atom stereocenters. The van der Waals surface area contributed by atoms with Crippen molar-refractivity contribution in [2.75, 3.05) is 0 Å². The molecule has 0 aliphatic heterocycles. The van der Waals surface area contributed by atoms with Crippen molar-refractivity contribution < 1.29 is 19.4 Å². The molecule has 9 heavy (non-hydrogen) atoms. The molecular formula is C5H9FO3. The Labute approximate surface area is 52.1 Å². The van der Waals surface area contributed by atoms with Crippen LogP contribution in [-0.4, -0.2) is 22.0 Å². The fraction of sp³-hybridized carbons (Fsp3) is 0.800. The Balaban J connectivity index is 3.39. The normalized spacial score (nSPS) is 16.8. The summed E-state index contributed by atoms with van der Waals surface area (Å²) in [5.41, 5.74) is 0. The zero-order valence-corrected chi connectivity index (χ0v) is 5.09. The van der Waals surface area contributed by atoms with Crippen molar-refractivity contribution in [1.29, 1.82) is 0 Å². The predicted octanol–water partition coefficient (Wildman–Crippen LogP) is 0.529. The molecular weight excluding hydrogens is 127 g/mol. The summed E-state index contributed by atoms with van der Waals surface area (Å²) in [6.07, 6.45) is -0.703. The largest absolute Gasteiger partial charge is 0.481 e. The lowest BCUT2D eigenvalue weighted by atomic mass is 10.2. The third-order valence-corrected chi connectivity index (χ3v) is 0.795. The number of rotatable bonds is 3. The highest BCUT2D eigenvalue weighted by atomic mass is 19.2. The Morgan fingerprint density at radius 1 is 1.78 bits per heavy atom. The molecule has 4 heteroatoms. The summed E-state index contributed by atoms with van der Waals surface area (Å²) in [5.74, 6) is -3.45. The highest BCUT2D eigenvalue weighted by Gasteiger charge is 2.18. The SMILES string of the molecule is CC(O)(F)CCC(=O)O. The molecule has 0 aromatic rings. The van der Waals surface area contributed by atoms with Crippen molar-refractivity contribution in [3.63, 3.8) is 0 Å². The maximum Gasteiger partial charge on any atom is 0.303 e. The van der Waals surface area contributed by atoms with E-state index in [1.165, 1.54) is 0 Å². The lowest BCUT2D eigenvalue weighted by molar-refractivity contribution is -0.141. The number of carbonyl (C=O) groups is 1. The highest BCUT2D eigenvalue weighted by molar-refractivity contribution is 5.66. The first-order chi connectivity index (χ1) is 3.92. The molecule has 1 unspecified atom stereocenters. The van der Waals surface area contributed by atoms with E-state index in [0.29, 0.717) is 0 Å². The fourth-order valence-corrected chi connectivity index (χ4v) is 0.335. The first kappa shape index (κ1) is 8.36. The van der Waals surface area contributed by atoms with Gasteiger partial charge in [-0.25, -0.2) is 4.39 Å². The van der Waals surface area contributed by atoms with Crippen molar-refractivity contribution in [2.45, 2.75) is 25.6 Å². The topological polar surface area (TPSA) is 57.5 Å². The molecule has 0 fully saturated rings. The van der Waals surface area contributed by atoms with Gasteiger partial charge in [0.15, 0.2) is 0 Å². The van der Waals surface area contributed by atoms with Crippen LogP contribution in [0.5, 0.6) is 0 Å². The van der Waals surface area contributed by atoms with Gasteiger partial charge in [0, 0.05) is 6.42 Å². The molecule has 0 radical (unpaired) electrons. The van der Waals surface area contributed by atoms with Crippen LogP contribution in [0, 0.1) is 0 Å². The highest BCUT2D eigenvalue weighted by Crippen LogP contribution is 2.11. The van der Waals surface area contributed by atoms with Crippen molar-refractivity contribution >= 4 is 5.97 Å². The van der Waals surface area contributed by atoms with Gasteiger partial charge in [0.2, 0.25) is 5.85 Å². The zero-order valence-electron chi connectivity index (χ0n) is 5.09. The second-order valence-corrected chi connectivity index (χ2v) is 2.04. The quantitative estimate of drug-likeness (QED) is 0.595. The van der Waals surface area contributed by atoms with E-state index in [1.807, 2.05) is 0 Å². The van der Waals surface area contributed by atoms with E-state index in [-0.39, 0.29) is 12.8 Å². The van der Waals surface area contributed by atoms with Crippen LogP contribution < -0.4 is 0 Å². The summed E-state index contributed by atoms with van der Waals surface area (Å²) in [7, 11) is 0. The smallest absolute Gasteiger partial charge is 0.303 e. The van der Waals surface area contributed by atoms with Gasteiger partial charge in [0.25, 0.3) is 0 Å². The van der Waals surface area contributed by atoms with Crippen molar-refractivity contribution in [3.8, 4) is 0 Å². The summed E-state index contributed by atoms with van der Waals surface area (Å²) >= 11 is 0. The number of hydrogen-bond donors (Lipinski definition) is 2. The summed E-state index contributed by atoms with van der Waals surface area (Å²) in [6.45, 7) is 0.927. The molecule has 0 aliphatic rings. The minimum atomic E-state index is -2.35. The Kier molecular flexibility index (Phi) is 2.58. The molecule has 0 bridgehead atoms. The Morgan fingerprint density at radius 2 is 2.22 bits per heavy atom. The molecule has 0 aliphatic carbocycles. The molecule has 0 saturated carbocycles. The van der Waals surface area contributed by atoms with Crippen LogP contribution in [0.15, 0.2) is 0 Å². The Bertz CT molecular complexity index is 105. The van der Waals surface area contributed by atoms with Crippen molar-refractivity contribution in [2.24, 2.45) is 0 Å². The van der Waals surface area contributed by atoms with Gasteiger partial charge in [0.1, 0.15) is 0 Å². The molecule has 0 rings (SSSR count). The third kappa shape index (κ3) is 7.36. The van der Waals surface area contributed by atoms with Gasteiger partial charge >= 0.3 is 5.97 Å². The average molecular weight is 136 g/mol. The van der Waals surface area contributed by atoms with E-state index >= 15 is 0 Å². The minimum Gasteiger partial charge on any atom is -0.481 e. The van der Waals surface area contributed by atoms with E-state index < -0.39 is 11.8 Å². The van der Waals surface area contributed by atoms with Crippen LogP contribution in [0.25, 0.3) is 0 Å². The summed E-state index contributed by atoms with van der Waals surface area (Å²) in [6, 6.07) is 0. The van der Waals surface area contributed by atoms with Crippen molar-refractivity contribution in [3.05, 3.63) is 0 Å². The maximum absolute atomic E-state index is 12.0. The average Bonchev–Trinajstić information content (AvgIpc) is 1.59. The lowest BCUT2D eigenvalue weighted by Gasteiger charge is -2.09. The fourth-order valence-electron chi connectivity index (χ4n) is 0.335. The molecule has 0 amide bonds. The van der Waals surface area contributed by atoms with Gasteiger partial charge in [-0.3, -0.25) is 4.79 Å². The van der Waals surface area contributed by atoms with Gasteiger partial charge in [-0.1, -0.05) is 0 Å². The minimum absolute atomic E-state index is 0.344. The van der Waals surface area contributed by atoms with E-state index in [1.54, 1.807) is 0 Å². The first-order valence-corrected chi connectivity index (χ1v) is 2.55. The van der Waals surface area contributed by atoms with Crippen LogP contribution in [-0.2, 0) is 4.79 Å². The molecule has 0 spiro atoms. The summed E-state index contributed by atoms with van der Waals surface area (Å²) < 4.78 is 12.0. The predicted molar refractivity (Wildman–Crippen MR) is 28.6 cm³/mol. The number of carboxylic acid groups (broad SMARTS) is 1. The van der Waals surface area contributed by atoms with Gasteiger partial charge in [-0.15, -0.1) is 0 Å². The van der Waals surface area contributed by atoms with Crippen LogP contribution >= 0.6 is 0 Å². The van der Waals surface area contributed by atoms with Crippen molar-refractivity contribution in [1.82, 2.24) is 0 Å². The zero-order chi connectivity index (χ0) is 7.49. The van der Waals surface area contributed by atoms with Gasteiger partial charge in [0.05, 0.1) is 6.42 Å². The molecule has 0 heterocycles. The number of hydrogen-bond acceptors (Lipinski definition) is 2. The van der Waals surface area contributed by atoms with Crippen LogP contribution in [0.1, 0.15) is 19.8 Å². The van der Waals surface area contributed by atoms with E-state index in [0.717, 1.165) is 6.92 Å². The third-order valence-electron chi connectivity index (χ3n) is 0.795. The number of alkyl halides is 1. The first-order valence-electron chi connectivity index (χ1n) is 2.55. The number of carboxylic acids is 1. The van der Waals surface area contributed by atoms with Crippen LogP contribution in [0.2, 0.25) is 0 Å². The second kappa shape index (κ2) is 2.77. The van der Waals surface area contributed by atoms with Gasteiger partial charge < -0.3 is 10.2 Å². The molecule has 2 N–H and O–H groups in total. The summed E-state index contributed by atoms with van der Waals surface area (Å²) in [4.78, 5) is 9.77. The lowest BCUT2D eigenvalue weighted by Crippen LogP contribution is -2.17. The Morgan fingerprint density at radius 3 is 2.33 bits per heavy atom. The number of halogens is 1. The van der Waals surface area contributed by atoms with Crippen LogP contribution in [0.4, 0.5) is 4.39 Å². The van der Waals surface area contributed by atoms with Crippen LogP contribution in [0.3, 0.4) is 0 Å². The maximum atomic E-state index is 12.0.